The molecule has 1 N–H and O–H groups in total. The van der Waals surface area contributed by atoms with Gasteiger partial charge in [-0.2, -0.15) is 0 Å². The van der Waals surface area contributed by atoms with E-state index in [2.05, 4.69) is 39.1 Å². The van der Waals surface area contributed by atoms with Crippen LogP contribution in [0.15, 0.2) is 16.8 Å². The van der Waals surface area contributed by atoms with Crippen molar-refractivity contribution in [3.05, 3.63) is 34.9 Å². The molecule has 2 aromatic heterocycles. The Morgan fingerprint density at radius 2 is 2.00 bits per heavy atom. The molecule has 0 aromatic carbocycles. The van der Waals surface area contributed by atoms with Crippen LogP contribution in [0.1, 0.15) is 36.6 Å². The average Bonchev–Trinajstić information content (AvgIpc) is 2.83. The molecule has 0 saturated carbocycles. The van der Waals surface area contributed by atoms with Crippen LogP contribution in [0.5, 0.6) is 5.75 Å². The molecule has 0 saturated heterocycles. The maximum atomic E-state index is 5.81. The maximum absolute atomic E-state index is 5.81. The van der Waals surface area contributed by atoms with Gasteiger partial charge in [0.1, 0.15) is 23.7 Å². The van der Waals surface area contributed by atoms with Crippen molar-refractivity contribution < 1.29 is 9.37 Å². The highest BCUT2D eigenvalue weighted by Gasteiger charge is 2.10. The molecule has 6 nitrogen and oxygen atoms in total. The van der Waals surface area contributed by atoms with Gasteiger partial charge in [-0.25, -0.2) is 4.63 Å². The van der Waals surface area contributed by atoms with Crippen LogP contribution in [-0.4, -0.2) is 21.8 Å². The van der Waals surface area contributed by atoms with E-state index in [4.69, 9.17) is 4.74 Å². The molecule has 21 heavy (non-hydrogen) atoms. The molecule has 0 aliphatic heterocycles. The predicted molar refractivity (Wildman–Crippen MR) is 78.9 cm³/mol. The van der Waals surface area contributed by atoms with E-state index in [1.54, 1.807) is 0 Å². The number of ether oxygens (including phenoxy) is 1. The van der Waals surface area contributed by atoms with Crippen LogP contribution in [0.3, 0.4) is 0 Å². The number of hydrogen-bond acceptors (Lipinski definition) is 6. The van der Waals surface area contributed by atoms with Crippen molar-refractivity contribution in [2.24, 2.45) is 5.92 Å². The molecule has 0 aliphatic carbocycles. The standard InChI is InChI=1S/C15H22N4O2/c1-10(2)7-16-8-13-15(6-5-11(3)17-13)20-9-14-12(4)18-21-19-14/h5-6,10,16H,7-9H2,1-4H3. The minimum absolute atomic E-state index is 0.331. The molecule has 0 aliphatic rings. The van der Waals surface area contributed by atoms with Gasteiger partial charge >= 0.3 is 0 Å². The molecule has 6 heteroatoms. The lowest BCUT2D eigenvalue weighted by Gasteiger charge is -2.12. The summed E-state index contributed by atoms with van der Waals surface area (Å²) < 4.78 is 10.5. The highest BCUT2D eigenvalue weighted by Crippen LogP contribution is 2.18. The zero-order valence-electron chi connectivity index (χ0n) is 13.0. The molecule has 2 rings (SSSR count). The van der Waals surface area contributed by atoms with E-state index in [1.807, 2.05) is 26.0 Å². The van der Waals surface area contributed by atoms with Crippen LogP contribution in [0.25, 0.3) is 0 Å². The van der Waals surface area contributed by atoms with Gasteiger partial charge in [-0.1, -0.05) is 24.2 Å². The Balaban J connectivity index is 2.02. The Bertz CT molecular complexity index is 581. The Labute approximate surface area is 124 Å². The fourth-order valence-corrected chi connectivity index (χ4v) is 1.86. The number of nitrogens with zero attached hydrogens (tertiary/aromatic N) is 3. The topological polar surface area (TPSA) is 73.1 Å². The second kappa shape index (κ2) is 7.17. The first kappa shape index (κ1) is 15.4. The molecule has 2 aromatic rings. The van der Waals surface area contributed by atoms with Gasteiger partial charge in [-0.05, 0) is 38.4 Å². The van der Waals surface area contributed by atoms with E-state index in [0.29, 0.717) is 24.8 Å². The van der Waals surface area contributed by atoms with Gasteiger partial charge in [-0.3, -0.25) is 4.98 Å². The molecular formula is C15H22N4O2. The molecule has 0 bridgehead atoms. The number of pyridine rings is 1. The number of hydrogen-bond donors (Lipinski definition) is 1. The summed E-state index contributed by atoms with van der Waals surface area (Å²) in [6, 6.07) is 3.88. The predicted octanol–water partition coefficient (Wildman–Crippen LogP) is 2.41. The van der Waals surface area contributed by atoms with E-state index in [9.17, 15) is 0 Å². The van der Waals surface area contributed by atoms with Gasteiger partial charge < -0.3 is 10.1 Å². The van der Waals surface area contributed by atoms with Crippen molar-refractivity contribution in [2.75, 3.05) is 6.54 Å². The van der Waals surface area contributed by atoms with Gasteiger partial charge in [0, 0.05) is 12.2 Å². The first-order valence-electron chi connectivity index (χ1n) is 7.14. The van der Waals surface area contributed by atoms with E-state index in [0.717, 1.165) is 29.4 Å². The van der Waals surface area contributed by atoms with Gasteiger partial charge in [0.15, 0.2) is 0 Å². The number of nitrogens with one attached hydrogen (secondary N) is 1. The summed E-state index contributed by atoms with van der Waals surface area (Å²) >= 11 is 0. The van der Waals surface area contributed by atoms with Crippen molar-refractivity contribution in [3.8, 4) is 5.75 Å². The van der Waals surface area contributed by atoms with E-state index < -0.39 is 0 Å². The lowest BCUT2D eigenvalue weighted by atomic mass is 10.2. The summed E-state index contributed by atoms with van der Waals surface area (Å²) in [6.07, 6.45) is 0. The van der Waals surface area contributed by atoms with E-state index in [-0.39, 0.29) is 0 Å². The molecule has 0 spiro atoms. The second-order valence-corrected chi connectivity index (χ2v) is 5.51. The van der Waals surface area contributed by atoms with Gasteiger partial charge in [0.2, 0.25) is 0 Å². The minimum Gasteiger partial charge on any atom is -0.485 e. The molecule has 0 amide bonds. The summed E-state index contributed by atoms with van der Waals surface area (Å²) in [5, 5.41) is 10.9. The first-order chi connectivity index (χ1) is 10.1. The van der Waals surface area contributed by atoms with Crippen LogP contribution in [0.2, 0.25) is 0 Å². The molecule has 2 heterocycles. The summed E-state index contributed by atoms with van der Waals surface area (Å²) in [7, 11) is 0. The SMILES string of the molecule is Cc1ccc(OCc2nonc2C)c(CNCC(C)C)n1. The average molecular weight is 290 g/mol. The highest BCUT2D eigenvalue weighted by molar-refractivity contribution is 5.29. The smallest absolute Gasteiger partial charge is 0.145 e. The van der Waals surface area contributed by atoms with E-state index in [1.165, 1.54) is 0 Å². The number of rotatable bonds is 7. The largest absolute Gasteiger partial charge is 0.485 e. The molecule has 0 radical (unpaired) electrons. The number of aromatic nitrogens is 3. The highest BCUT2D eigenvalue weighted by atomic mass is 16.6. The van der Waals surface area contributed by atoms with Crippen LogP contribution in [-0.2, 0) is 13.2 Å². The van der Waals surface area contributed by atoms with Crippen LogP contribution in [0, 0.1) is 19.8 Å². The third-order valence-electron chi connectivity index (χ3n) is 3.03. The molecule has 0 atom stereocenters. The third kappa shape index (κ3) is 4.53. The minimum atomic E-state index is 0.331. The van der Waals surface area contributed by atoms with Crippen molar-refractivity contribution in [1.29, 1.82) is 0 Å². The monoisotopic (exact) mass is 290 g/mol. The van der Waals surface area contributed by atoms with Gasteiger partial charge in [-0.15, -0.1) is 0 Å². The summed E-state index contributed by atoms with van der Waals surface area (Å²) in [5.74, 6) is 1.36. The Hall–Kier alpha value is -1.95. The Kier molecular flexibility index (Phi) is 5.27. The molecule has 0 unspecified atom stereocenters. The lowest BCUT2D eigenvalue weighted by Crippen LogP contribution is -2.20. The van der Waals surface area contributed by atoms with Gasteiger partial charge in [0.05, 0.1) is 5.69 Å². The normalized spacial score (nSPS) is 11.1. The van der Waals surface area contributed by atoms with Crippen LogP contribution >= 0.6 is 0 Å². The molecule has 0 fully saturated rings. The van der Waals surface area contributed by atoms with Crippen molar-refractivity contribution in [1.82, 2.24) is 20.6 Å². The lowest BCUT2D eigenvalue weighted by molar-refractivity contribution is 0.267. The third-order valence-corrected chi connectivity index (χ3v) is 3.03. The summed E-state index contributed by atoms with van der Waals surface area (Å²) in [5.41, 5.74) is 3.33. The summed E-state index contributed by atoms with van der Waals surface area (Å²) in [4.78, 5) is 4.55. The first-order valence-corrected chi connectivity index (χ1v) is 7.14. The zero-order valence-corrected chi connectivity index (χ0v) is 13.0. The van der Waals surface area contributed by atoms with Crippen LogP contribution < -0.4 is 10.1 Å². The molecular weight excluding hydrogens is 268 g/mol. The number of aryl methyl sites for hydroxylation is 2. The maximum Gasteiger partial charge on any atom is 0.145 e. The van der Waals surface area contributed by atoms with E-state index >= 15 is 0 Å². The zero-order chi connectivity index (χ0) is 15.2. The van der Waals surface area contributed by atoms with Crippen molar-refractivity contribution in [2.45, 2.75) is 40.8 Å². The fourth-order valence-electron chi connectivity index (χ4n) is 1.86. The Morgan fingerprint density at radius 1 is 1.19 bits per heavy atom. The van der Waals surface area contributed by atoms with Gasteiger partial charge in [0.25, 0.3) is 0 Å². The second-order valence-electron chi connectivity index (χ2n) is 5.51. The molecule has 114 valence electrons. The fraction of sp³-hybridized carbons (Fsp3) is 0.533. The summed E-state index contributed by atoms with van der Waals surface area (Å²) in [6.45, 7) is 10.1. The quantitative estimate of drug-likeness (QED) is 0.844. The Morgan fingerprint density at radius 3 is 2.67 bits per heavy atom. The van der Waals surface area contributed by atoms with Crippen LogP contribution in [0.4, 0.5) is 0 Å². The van der Waals surface area contributed by atoms with Crippen molar-refractivity contribution in [3.63, 3.8) is 0 Å². The van der Waals surface area contributed by atoms with Crippen molar-refractivity contribution >= 4 is 0 Å².